The van der Waals surface area contributed by atoms with Gasteiger partial charge < -0.3 is 10.3 Å². The number of nitrogens with two attached hydrogens (primary N) is 1. The molecule has 2 aromatic rings. The zero-order chi connectivity index (χ0) is 12.8. The van der Waals surface area contributed by atoms with Gasteiger partial charge in [0.15, 0.2) is 0 Å². The summed E-state index contributed by atoms with van der Waals surface area (Å²) >= 11 is 0. The third kappa shape index (κ3) is 1.83. The summed E-state index contributed by atoms with van der Waals surface area (Å²) in [6, 6.07) is 1.98. The van der Waals surface area contributed by atoms with Gasteiger partial charge in [0.25, 0.3) is 0 Å². The first kappa shape index (κ1) is 11.8. The van der Waals surface area contributed by atoms with E-state index in [1.54, 1.807) is 11.6 Å². The van der Waals surface area contributed by atoms with Crippen molar-refractivity contribution in [1.29, 1.82) is 0 Å². The Morgan fingerprint density at radius 3 is 2.53 bits per heavy atom. The number of hydrogen-bond donors (Lipinski definition) is 1. The van der Waals surface area contributed by atoms with Gasteiger partial charge in [0.05, 0.1) is 22.3 Å². The topological polar surface area (TPSA) is 43.8 Å². The van der Waals surface area contributed by atoms with Crippen LogP contribution >= 0.6 is 0 Å². The summed E-state index contributed by atoms with van der Waals surface area (Å²) in [5, 5.41) is 0. The van der Waals surface area contributed by atoms with Crippen LogP contribution in [0.1, 0.15) is 18.3 Å². The molecule has 0 unspecified atom stereocenters. The predicted octanol–water partition coefficient (Wildman–Crippen LogP) is 2.74. The van der Waals surface area contributed by atoms with Crippen LogP contribution in [0.2, 0.25) is 0 Å². The van der Waals surface area contributed by atoms with Crippen molar-refractivity contribution in [2.45, 2.75) is 19.5 Å². The van der Waals surface area contributed by atoms with E-state index in [1.165, 1.54) is 0 Å². The Hall–Kier alpha value is -1.72. The van der Waals surface area contributed by atoms with Crippen LogP contribution < -0.4 is 5.73 Å². The predicted molar refractivity (Wildman–Crippen MR) is 59.5 cm³/mol. The van der Waals surface area contributed by atoms with Gasteiger partial charge in [-0.3, -0.25) is 0 Å². The summed E-state index contributed by atoms with van der Waals surface area (Å²) in [5.41, 5.74) is 5.84. The third-order valence-electron chi connectivity index (χ3n) is 2.73. The number of hydrogen-bond acceptors (Lipinski definition) is 2. The first-order chi connectivity index (χ1) is 7.84. The summed E-state index contributed by atoms with van der Waals surface area (Å²) < 4.78 is 39.5. The molecule has 0 saturated heterocycles. The van der Waals surface area contributed by atoms with Crippen LogP contribution in [0.3, 0.4) is 0 Å². The van der Waals surface area contributed by atoms with E-state index in [2.05, 4.69) is 4.98 Å². The molecule has 0 spiro atoms. The van der Waals surface area contributed by atoms with E-state index in [4.69, 9.17) is 5.73 Å². The van der Waals surface area contributed by atoms with Crippen molar-refractivity contribution in [3.8, 4) is 0 Å². The second kappa shape index (κ2) is 3.65. The molecular weight excluding hydrogens is 231 g/mol. The monoisotopic (exact) mass is 243 g/mol. The number of imidazole rings is 1. The first-order valence-corrected chi connectivity index (χ1v) is 5.16. The number of rotatable bonds is 1. The van der Waals surface area contributed by atoms with Crippen LogP contribution in [0, 0.1) is 0 Å². The van der Waals surface area contributed by atoms with Crippen LogP contribution in [0.25, 0.3) is 11.0 Å². The van der Waals surface area contributed by atoms with Crippen molar-refractivity contribution in [1.82, 2.24) is 9.55 Å². The Kier molecular flexibility index (Phi) is 2.52. The lowest BCUT2D eigenvalue weighted by atomic mass is 10.1. The maximum atomic E-state index is 12.6. The molecule has 0 radical (unpaired) electrons. The van der Waals surface area contributed by atoms with Crippen LogP contribution in [-0.2, 0) is 19.6 Å². The molecule has 3 nitrogen and oxygen atoms in total. The molecule has 0 bridgehead atoms. The number of halogens is 3. The number of anilines is 1. The first-order valence-electron chi connectivity index (χ1n) is 5.16. The van der Waals surface area contributed by atoms with Gasteiger partial charge in [0.2, 0.25) is 0 Å². The van der Waals surface area contributed by atoms with Crippen molar-refractivity contribution >= 4 is 16.7 Å². The van der Waals surface area contributed by atoms with Gasteiger partial charge >= 0.3 is 6.18 Å². The van der Waals surface area contributed by atoms with E-state index in [0.29, 0.717) is 17.8 Å². The van der Waals surface area contributed by atoms with Gasteiger partial charge in [-0.05, 0) is 12.1 Å². The molecule has 92 valence electrons. The SMILES string of the molecule is CCc1nc2cc(C(F)(F)F)cc(N)c2n1C. The molecule has 0 amide bonds. The number of aromatic nitrogens is 2. The maximum absolute atomic E-state index is 12.6. The van der Waals surface area contributed by atoms with E-state index < -0.39 is 11.7 Å². The lowest BCUT2D eigenvalue weighted by molar-refractivity contribution is -0.137. The molecule has 0 aliphatic carbocycles. The molecular formula is C11H12F3N3. The third-order valence-corrected chi connectivity index (χ3v) is 2.73. The molecule has 6 heteroatoms. The molecule has 1 aromatic heterocycles. The van der Waals surface area contributed by atoms with Crippen LogP contribution in [0.5, 0.6) is 0 Å². The number of nitrogens with zero attached hydrogens (tertiary/aromatic N) is 2. The lowest BCUT2D eigenvalue weighted by Gasteiger charge is -2.08. The molecule has 0 saturated carbocycles. The van der Waals surface area contributed by atoms with E-state index in [9.17, 15) is 13.2 Å². The lowest BCUT2D eigenvalue weighted by Crippen LogP contribution is -2.06. The zero-order valence-electron chi connectivity index (χ0n) is 9.47. The molecule has 1 aromatic carbocycles. The van der Waals surface area contributed by atoms with Gasteiger partial charge in [-0.1, -0.05) is 6.92 Å². The summed E-state index contributed by atoms with van der Waals surface area (Å²) in [6.07, 6.45) is -3.75. The van der Waals surface area contributed by atoms with E-state index in [0.717, 1.165) is 12.1 Å². The van der Waals surface area contributed by atoms with Crippen LogP contribution in [0.15, 0.2) is 12.1 Å². The van der Waals surface area contributed by atoms with Gasteiger partial charge in [0.1, 0.15) is 5.82 Å². The molecule has 0 aliphatic rings. The van der Waals surface area contributed by atoms with E-state index in [1.807, 2.05) is 6.92 Å². The molecule has 2 rings (SSSR count). The van der Waals surface area contributed by atoms with Gasteiger partial charge in [-0.2, -0.15) is 13.2 Å². The highest BCUT2D eigenvalue weighted by Gasteiger charge is 2.31. The summed E-state index contributed by atoms with van der Waals surface area (Å²) in [5.74, 6) is 0.714. The molecule has 0 aliphatic heterocycles. The molecule has 0 atom stereocenters. The minimum atomic E-state index is -4.40. The quantitative estimate of drug-likeness (QED) is 0.782. The Bertz CT molecular complexity index is 569. The van der Waals surface area contributed by atoms with E-state index >= 15 is 0 Å². The van der Waals surface area contributed by atoms with Crippen molar-refractivity contribution in [2.24, 2.45) is 7.05 Å². The normalized spacial score (nSPS) is 12.3. The van der Waals surface area contributed by atoms with Gasteiger partial charge in [-0.15, -0.1) is 0 Å². The number of benzene rings is 1. The number of alkyl halides is 3. The molecule has 17 heavy (non-hydrogen) atoms. The Morgan fingerprint density at radius 1 is 1.35 bits per heavy atom. The molecule has 1 heterocycles. The summed E-state index contributed by atoms with van der Waals surface area (Å²) in [7, 11) is 1.75. The second-order valence-corrected chi connectivity index (χ2v) is 3.87. The smallest absolute Gasteiger partial charge is 0.397 e. The molecule has 0 fully saturated rings. The van der Waals surface area contributed by atoms with Crippen molar-refractivity contribution in [3.63, 3.8) is 0 Å². The fourth-order valence-electron chi connectivity index (χ4n) is 1.91. The average Bonchev–Trinajstić information content (AvgIpc) is 2.54. The Balaban J connectivity index is 2.75. The summed E-state index contributed by atoms with van der Waals surface area (Å²) in [6.45, 7) is 1.89. The van der Waals surface area contributed by atoms with E-state index in [-0.39, 0.29) is 11.2 Å². The van der Waals surface area contributed by atoms with Crippen molar-refractivity contribution in [2.75, 3.05) is 5.73 Å². The van der Waals surface area contributed by atoms with Gasteiger partial charge in [-0.25, -0.2) is 4.98 Å². The number of aryl methyl sites for hydroxylation is 2. The van der Waals surface area contributed by atoms with Gasteiger partial charge in [0, 0.05) is 13.5 Å². The van der Waals surface area contributed by atoms with Crippen molar-refractivity contribution < 1.29 is 13.2 Å². The fourth-order valence-corrected chi connectivity index (χ4v) is 1.91. The minimum Gasteiger partial charge on any atom is -0.397 e. The molecule has 2 N–H and O–H groups in total. The zero-order valence-corrected chi connectivity index (χ0v) is 9.47. The second-order valence-electron chi connectivity index (χ2n) is 3.87. The maximum Gasteiger partial charge on any atom is 0.416 e. The fraction of sp³-hybridized carbons (Fsp3) is 0.364. The van der Waals surface area contributed by atoms with Crippen LogP contribution in [-0.4, -0.2) is 9.55 Å². The standard InChI is InChI=1S/C11H12F3N3/c1-3-9-16-8-5-6(11(12,13)14)4-7(15)10(8)17(9)2/h4-5H,3,15H2,1-2H3. The van der Waals surface area contributed by atoms with Crippen molar-refractivity contribution in [3.05, 3.63) is 23.5 Å². The highest BCUT2D eigenvalue weighted by molar-refractivity contribution is 5.88. The summed E-state index contributed by atoms with van der Waals surface area (Å²) in [4.78, 5) is 4.15. The highest BCUT2D eigenvalue weighted by atomic mass is 19.4. The average molecular weight is 243 g/mol. The largest absolute Gasteiger partial charge is 0.416 e. The Morgan fingerprint density at radius 2 is 2.00 bits per heavy atom. The van der Waals surface area contributed by atoms with Crippen LogP contribution in [0.4, 0.5) is 18.9 Å². The number of fused-ring (bicyclic) bond motifs is 1. The number of nitrogen functional groups attached to an aromatic ring is 1. The Labute approximate surface area is 96.0 Å². The highest BCUT2D eigenvalue weighted by Crippen LogP contribution is 2.34. The minimum absolute atomic E-state index is 0.101.